The summed E-state index contributed by atoms with van der Waals surface area (Å²) in [5.74, 6) is -1.62. The van der Waals surface area contributed by atoms with Crippen LogP contribution in [0.4, 0.5) is 0 Å². The molecule has 0 aromatic heterocycles. The molecule has 3 fully saturated rings. The van der Waals surface area contributed by atoms with E-state index in [9.17, 15) is 64.9 Å². The Morgan fingerprint density at radius 3 is 1.20 bits per heavy atom. The number of aliphatic hydroxyl groups is 8. The molecular formula is C56H107NO31P4S4-4. The number of ether oxygens (including phenoxy) is 10. The van der Waals surface area contributed by atoms with Gasteiger partial charge in [-0.2, -0.15) is 0 Å². The van der Waals surface area contributed by atoms with E-state index in [-0.39, 0.29) is 150 Å². The highest BCUT2D eigenvalue weighted by atomic mass is 32.7. The molecule has 0 aromatic carbocycles. The Labute approximate surface area is 585 Å². The molecule has 9 N–H and O–H groups in total. The quantitative estimate of drug-likeness (QED) is 0.0230. The van der Waals surface area contributed by atoms with Crippen molar-refractivity contribution in [2.45, 2.75) is 185 Å². The Bertz CT molecular complexity index is 2190. The van der Waals surface area contributed by atoms with Gasteiger partial charge in [-0.25, -0.2) is 0 Å². The van der Waals surface area contributed by atoms with Gasteiger partial charge in [-0.3, -0.25) is 9.36 Å². The molecule has 0 radical (unpaired) electrons. The number of aliphatic hydroxyl groups excluding tert-OH is 8. The second kappa shape index (κ2) is 49.6. The van der Waals surface area contributed by atoms with Gasteiger partial charge in [0.2, 0.25) is 5.91 Å². The molecule has 3 aliphatic rings. The van der Waals surface area contributed by atoms with E-state index in [2.05, 4.69) is 5.32 Å². The van der Waals surface area contributed by atoms with Crippen molar-refractivity contribution in [3.8, 4) is 0 Å². The maximum absolute atomic E-state index is 13.1. The number of carbonyl (C=O) groups excluding carboxylic acids is 1. The Kier molecular flexibility index (Phi) is 47.0. The Morgan fingerprint density at radius 1 is 0.448 bits per heavy atom. The first-order chi connectivity index (χ1) is 45.6. The number of unbranched alkanes of at least 4 members (excludes halogenated alkanes) is 6. The van der Waals surface area contributed by atoms with E-state index in [0.29, 0.717) is 58.0 Å². The minimum absolute atomic E-state index is 0.00527. The topological polar surface area (TPSA) is 443 Å². The van der Waals surface area contributed by atoms with Crippen LogP contribution in [0.15, 0.2) is 0 Å². The minimum atomic E-state index is -3.95. The molecule has 3 heterocycles. The number of carbonyl (C=O) groups is 1. The van der Waals surface area contributed by atoms with E-state index in [1.165, 1.54) is 14.0 Å². The summed E-state index contributed by atoms with van der Waals surface area (Å²) in [4.78, 5) is 49.7. The second-order valence-corrected chi connectivity index (χ2v) is 34.8. The van der Waals surface area contributed by atoms with Gasteiger partial charge in [-0.1, -0.05) is 69.0 Å². The summed E-state index contributed by atoms with van der Waals surface area (Å²) in [6.45, 7) is -9.02. The first-order valence-corrected chi connectivity index (χ1v) is 42.7. The molecule has 1 amide bonds. The highest BCUT2D eigenvalue weighted by Gasteiger charge is 2.46. The van der Waals surface area contributed by atoms with E-state index < -0.39 is 131 Å². The third kappa shape index (κ3) is 36.7. The Morgan fingerprint density at radius 2 is 0.771 bits per heavy atom. The number of nitrogens with one attached hydrogen (secondary N) is 1. The van der Waals surface area contributed by atoms with E-state index in [4.69, 9.17) is 131 Å². The minimum Gasteiger partial charge on any atom is -0.780 e. The molecule has 0 aromatic rings. The van der Waals surface area contributed by atoms with Crippen LogP contribution in [-0.2, 0) is 141 Å². The molecule has 20 atom stereocenters. The van der Waals surface area contributed by atoms with Gasteiger partial charge in [-0.05, 0) is 70.6 Å². The SMILES string of the molecule is COP([O-])(=S)OCCCCCCOCC(COCCCOP(=O)([S-])OCCCCOC1OC(CO)[C@H](O)[C@H](O)[C@@H]1NC(C)=O)(COCCCOP([O-])(=S)OCCCCO[C@@H]1OC(CO)[C@H](C)[C@H](O)C1C)COCCCOP([O-])(=S)OCCCCO[C@@H]1OC(CO)[C@H](O)[C@H](O)C1C. The van der Waals surface area contributed by atoms with Crippen molar-refractivity contribution in [2.75, 3.05) is 146 Å². The Hall–Kier alpha value is 0.840. The third-order valence-corrected chi connectivity index (χ3v) is 22.2. The normalized spacial score (nSPS) is 29.7. The lowest BCUT2D eigenvalue weighted by molar-refractivity contribution is -0.282. The summed E-state index contributed by atoms with van der Waals surface area (Å²) >= 11 is 20.2. The summed E-state index contributed by atoms with van der Waals surface area (Å²) in [5, 5.41) is 82.9. The average Bonchev–Trinajstić information content (AvgIpc) is 0.854. The predicted octanol–water partition coefficient (Wildman–Crippen LogP) is 0.701. The van der Waals surface area contributed by atoms with Gasteiger partial charge in [0, 0.05) is 78.0 Å². The van der Waals surface area contributed by atoms with Crippen molar-refractivity contribution in [1.82, 2.24) is 5.32 Å². The molecule has 11 unspecified atom stereocenters. The zero-order valence-corrected chi connectivity index (χ0v) is 62.4. The summed E-state index contributed by atoms with van der Waals surface area (Å²) in [7, 11) is 1.22. The highest BCUT2D eigenvalue weighted by molar-refractivity contribution is 8.32. The molecule has 0 bridgehead atoms. The molecule has 40 heteroatoms. The van der Waals surface area contributed by atoms with E-state index in [1.54, 1.807) is 13.8 Å². The molecule has 32 nitrogen and oxygen atoms in total. The van der Waals surface area contributed by atoms with Crippen LogP contribution in [0, 0.1) is 23.2 Å². The molecule has 3 rings (SSSR count). The second-order valence-electron chi connectivity index (χ2n) is 23.7. The van der Waals surface area contributed by atoms with Crippen molar-refractivity contribution in [3.05, 3.63) is 0 Å². The van der Waals surface area contributed by atoms with Crippen molar-refractivity contribution in [2.24, 2.45) is 23.2 Å². The predicted molar refractivity (Wildman–Crippen MR) is 352 cm³/mol. The molecule has 3 saturated heterocycles. The zero-order valence-electron chi connectivity index (χ0n) is 55.6. The molecule has 3 aliphatic heterocycles. The van der Waals surface area contributed by atoms with E-state index in [0.717, 1.165) is 12.8 Å². The standard InChI is InChI=1S/C56H111NO31P4S4/c1-40-44(33-58)86-53(41(2)48(40)62)76-23-10-13-27-80-90(68,94)83-30-16-20-73-37-56(36-72-19-8-6-7-9-26-79-89(67,93)71-5,38-74-21-17-31-84-91(69,95)81-28-14-11-24-77-54-42(3)49(63)50(64)45(34-59)87-54)39-75-22-18-32-85-92(70,96)82-29-15-12-25-78-55-47(57-43(4)61)52(66)51(65)46(35-60)88-55/h40-42,44-55,58-60,62-66H,6-39H2,1-5H3,(H,57,61)(H,67,93)(H,68,94)(H,69,95)(H,70,96)/p-4/t40-,41?,42?,44?,45?,46?,47-,48-,49+,50-,51-,52+,53+,54+,55?,56?,89?,90?,91?,92?/m0/s1. The van der Waals surface area contributed by atoms with E-state index in [1.807, 2.05) is 6.92 Å². The number of rotatable bonds is 57. The lowest BCUT2D eigenvalue weighted by Gasteiger charge is -2.42. The maximum Gasteiger partial charge on any atom is 0.217 e. The van der Waals surface area contributed by atoms with Crippen molar-refractivity contribution in [1.29, 1.82) is 0 Å². The van der Waals surface area contributed by atoms with Crippen LogP contribution in [0.2, 0.25) is 0 Å². The molecule has 0 aliphatic carbocycles. The fraction of sp³-hybridized carbons (Fsp3) is 0.982. The largest absolute Gasteiger partial charge is 0.780 e. The summed E-state index contributed by atoms with van der Waals surface area (Å²) < 4.78 is 115. The molecular weight excluding hydrogens is 1430 g/mol. The van der Waals surface area contributed by atoms with Gasteiger partial charge in [0.25, 0.3) is 0 Å². The fourth-order valence-corrected chi connectivity index (χ4v) is 14.2. The maximum atomic E-state index is 13.1. The fourth-order valence-electron chi connectivity index (χ4n) is 9.86. The third-order valence-electron chi connectivity index (χ3n) is 15.6. The molecule has 570 valence electrons. The first-order valence-electron chi connectivity index (χ1n) is 32.5. The lowest BCUT2D eigenvalue weighted by atomic mass is 9.86. The number of hydrogen-bond donors (Lipinski definition) is 9. The monoisotopic (exact) mass is 1540 g/mol. The van der Waals surface area contributed by atoms with Crippen molar-refractivity contribution >= 4 is 80.5 Å². The molecule has 96 heavy (non-hydrogen) atoms. The highest BCUT2D eigenvalue weighted by Crippen LogP contribution is 2.46. The summed E-state index contributed by atoms with van der Waals surface area (Å²) in [5.41, 5.74) is -0.972. The molecule has 0 spiro atoms. The van der Waals surface area contributed by atoms with Crippen LogP contribution >= 0.6 is 27.0 Å². The average molecular weight is 1540 g/mol. The zero-order chi connectivity index (χ0) is 71.2. The van der Waals surface area contributed by atoms with Crippen LogP contribution in [0.3, 0.4) is 0 Å². The van der Waals surface area contributed by atoms with Crippen LogP contribution in [0.1, 0.15) is 111 Å². The van der Waals surface area contributed by atoms with Gasteiger partial charge >= 0.3 is 0 Å². The van der Waals surface area contributed by atoms with Crippen LogP contribution in [0.5, 0.6) is 0 Å². The van der Waals surface area contributed by atoms with Crippen molar-refractivity contribution < 1.29 is 148 Å². The van der Waals surface area contributed by atoms with Crippen LogP contribution in [-0.4, -0.2) is 266 Å². The molecule has 0 saturated carbocycles. The van der Waals surface area contributed by atoms with Crippen LogP contribution in [0.25, 0.3) is 0 Å². The number of hydrogen-bond acceptors (Lipinski definition) is 35. The smallest absolute Gasteiger partial charge is 0.217 e. The summed E-state index contributed by atoms with van der Waals surface area (Å²) in [6.07, 6.45) is -5.64. The van der Waals surface area contributed by atoms with Gasteiger partial charge in [-0.15, -0.1) is 0 Å². The Balaban J connectivity index is 1.56. The summed E-state index contributed by atoms with van der Waals surface area (Å²) in [6, 6.07) is -1.11. The van der Waals surface area contributed by atoms with Gasteiger partial charge in [0.15, 0.2) is 25.7 Å². The van der Waals surface area contributed by atoms with Gasteiger partial charge in [0.1, 0.15) is 56.7 Å². The van der Waals surface area contributed by atoms with Crippen molar-refractivity contribution in [3.63, 3.8) is 0 Å². The van der Waals surface area contributed by atoms with Gasteiger partial charge < -0.3 is 157 Å². The lowest BCUT2D eigenvalue weighted by Crippen LogP contribution is -2.64. The van der Waals surface area contributed by atoms with E-state index >= 15 is 0 Å². The van der Waals surface area contributed by atoms with Gasteiger partial charge in [0.05, 0.1) is 116 Å². The first kappa shape index (κ1) is 91.1. The van der Waals surface area contributed by atoms with Crippen LogP contribution < -0.4 is 20.0 Å². The number of amides is 1.